The van der Waals surface area contributed by atoms with Crippen LogP contribution < -0.4 is 4.74 Å². The highest BCUT2D eigenvalue weighted by Gasteiger charge is 2.29. The quantitative estimate of drug-likeness (QED) is 0.663. The van der Waals surface area contributed by atoms with E-state index in [2.05, 4.69) is 4.98 Å². The SMILES string of the molecule is O=C(Cc1csc(COc2ccccc2)n1)N1CCC(c2ccco2)C1. The summed E-state index contributed by atoms with van der Waals surface area (Å²) in [6.07, 6.45) is 2.98. The van der Waals surface area contributed by atoms with Crippen molar-refractivity contribution in [3.8, 4) is 5.75 Å². The molecule has 2 aromatic heterocycles. The summed E-state index contributed by atoms with van der Waals surface area (Å²) in [4.78, 5) is 19.0. The fourth-order valence-corrected chi connectivity index (χ4v) is 3.87. The van der Waals surface area contributed by atoms with Crippen molar-refractivity contribution in [3.05, 3.63) is 70.6 Å². The van der Waals surface area contributed by atoms with Crippen molar-refractivity contribution in [1.82, 2.24) is 9.88 Å². The first-order valence-corrected chi connectivity index (χ1v) is 9.58. The Balaban J connectivity index is 1.29. The van der Waals surface area contributed by atoms with Gasteiger partial charge in [0.15, 0.2) is 0 Å². The Kier molecular flexibility index (Phi) is 5.02. The maximum Gasteiger partial charge on any atom is 0.228 e. The maximum absolute atomic E-state index is 12.5. The lowest BCUT2D eigenvalue weighted by molar-refractivity contribution is -0.129. The molecule has 1 atom stereocenters. The van der Waals surface area contributed by atoms with Crippen LogP contribution in [0.25, 0.3) is 0 Å². The molecule has 0 radical (unpaired) electrons. The number of nitrogens with zero attached hydrogens (tertiary/aromatic N) is 2. The Morgan fingerprint density at radius 3 is 2.96 bits per heavy atom. The van der Waals surface area contributed by atoms with Gasteiger partial charge < -0.3 is 14.1 Å². The molecule has 3 aromatic rings. The molecular formula is C20H20N2O3S. The number of thiazole rings is 1. The first-order chi connectivity index (χ1) is 12.8. The number of rotatable bonds is 6. The lowest BCUT2D eigenvalue weighted by atomic mass is 10.1. The molecule has 0 saturated carbocycles. The minimum atomic E-state index is 0.125. The van der Waals surface area contributed by atoms with Crippen molar-refractivity contribution in [1.29, 1.82) is 0 Å². The van der Waals surface area contributed by atoms with Gasteiger partial charge in [-0.2, -0.15) is 0 Å². The third-order valence-electron chi connectivity index (χ3n) is 4.52. The Bertz CT molecular complexity index is 845. The van der Waals surface area contributed by atoms with Gasteiger partial charge in [0.05, 0.1) is 18.4 Å². The molecule has 1 saturated heterocycles. The Labute approximate surface area is 156 Å². The number of likely N-dealkylation sites (tertiary alicyclic amines) is 1. The summed E-state index contributed by atoms with van der Waals surface area (Å²) in [7, 11) is 0. The molecule has 0 N–H and O–H groups in total. The van der Waals surface area contributed by atoms with Crippen LogP contribution in [0.5, 0.6) is 5.75 Å². The van der Waals surface area contributed by atoms with Gasteiger partial charge in [0.2, 0.25) is 5.91 Å². The summed E-state index contributed by atoms with van der Waals surface area (Å²) in [5, 5.41) is 2.83. The van der Waals surface area contributed by atoms with Crippen molar-refractivity contribution in [2.45, 2.75) is 25.4 Å². The summed E-state index contributed by atoms with van der Waals surface area (Å²) in [6.45, 7) is 1.92. The minimum absolute atomic E-state index is 0.125. The van der Waals surface area contributed by atoms with Crippen LogP contribution in [-0.4, -0.2) is 28.9 Å². The molecule has 0 bridgehead atoms. The monoisotopic (exact) mass is 368 g/mol. The molecule has 1 fully saturated rings. The van der Waals surface area contributed by atoms with Gasteiger partial charge in [0, 0.05) is 24.4 Å². The smallest absolute Gasteiger partial charge is 0.228 e. The minimum Gasteiger partial charge on any atom is -0.486 e. The van der Waals surface area contributed by atoms with Crippen molar-refractivity contribution >= 4 is 17.2 Å². The van der Waals surface area contributed by atoms with Gasteiger partial charge in [0.25, 0.3) is 0 Å². The largest absolute Gasteiger partial charge is 0.486 e. The standard InChI is InChI=1S/C20H20N2O3S/c23-20(22-9-8-15(12-22)18-7-4-10-24-18)11-16-14-26-19(21-16)13-25-17-5-2-1-3-6-17/h1-7,10,14-15H,8-9,11-13H2. The average molecular weight is 368 g/mol. The van der Waals surface area contributed by atoms with Gasteiger partial charge in [-0.05, 0) is 30.7 Å². The first kappa shape index (κ1) is 16.8. The fourth-order valence-electron chi connectivity index (χ4n) is 3.17. The van der Waals surface area contributed by atoms with Crippen LogP contribution in [-0.2, 0) is 17.8 Å². The van der Waals surface area contributed by atoms with Crippen molar-refractivity contribution in [2.75, 3.05) is 13.1 Å². The number of amides is 1. The van der Waals surface area contributed by atoms with E-state index < -0.39 is 0 Å². The number of ether oxygens (including phenoxy) is 1. The van der Waals surface area contributed by atoms with Crippen LogP contribution >= 0.6 is 11.3 Å². The van der Waals surface area contributed by atoms with E-state index in [0.29, 0.717) is 18.9 Å². The van der Waals surface area contributed by atoms with Gasteiger partial charge in [-0.25, -0.2) is 4.98 Å². The molecule has 1 aliphatic rings. The zero-order valence-electron chi connectivity index (χ0n) is 14.3. The molecule has 3 heterocycles. The van der Waals surface area contributed by atoms with Gasteiger partial charge in [-0.15, -0.1) is 11.3 Å². The number of benzene rings is 1. The fraction of sp³-hybridized carbons (Fsp3) is 0.300. The molecule has 6 heteroatoms. The molecule has 134 valence electrons. The molecule has 4 rings (SSSR count). The molecule has 0 spiro atoms. The summed E-state index contributed by atoms with van der Waals surface area (Å²) in [6, 6.07) is 13.5. The van der Waals surface area contributed by atoms with E-state index in [4.69, 9.17) is 9.15 Å². The van der Waals surface area contributed by atoms with Crippen molar-refractivity contribution in [2.24, 2.45) is 0 Å². The second-order valence-corrected chi connectivity index (χ2v) is 7.29. The van der Waals surface area contributed by atoms with E-state index in [9.17, 15) is 4.79 Å². The highest BCUT2D eigenvalue weighted by atomic mass is 32.1. The van der Waals surface area contributed by atoms with Crippen LogP contribution in [0, 0.1) is 0 Å². The molecular weight excluding hydrogens is 348 g/mol. The molecule has 1 aromatic carbocycles. The van der Waals surface area contributed by atoms with E-state index in [1.807, 2.05) is 52.7 Å². The molecule has 1 amide bonds. The van der Waals surface area contributed by atoms with E-state index in [-0.39, 0.29) is 5.91 Å². The highest BCUT2D eigenvalue weighted by Crippen LogP contribution is 2.28. The second-order valence-electron chi connectivity index (χ2n) is 6.35. The zero-order chi connectivity index (χ0) is 17.8. The Morgan fingerprint density at radius 1 is 1.27 bits per heavy atom. The molecule has 5 nitrogen and oxygen atoms in total. The predicted octanol–water partition coefficient (Wildman–Crippen LogP) is 3.87. The topological polar surface area (TPSA) is 55.6 Å². The van der Waals surface area contributed by atoms with E-state index in [0.717, 1.165) is 41.7 Å². The summed E-state index contributed by atoms with van der Waals surface area (Å²) >= 11 is 1.53. The van der Waals surface area contributed by atoms with Gasteiger partial charge in [-0.1, -0.05) is 18.2 Å². The normalized spacial score (nSPS) is 16.8. The van der Waals surface area contributed by atoms with Gasteiger partial charge in [0.1, 0.15) is 23.1 Å². The third-order valence-corrected chi connectivity index (χ3v) is 5.39. The Morgan fingerprint density at radius 2 is 2.15 bits per heavy atom. The number of para-hydroxylation sites is 1. The number of carbonyl (C=O) groups excluding carboxylic acids is 1. The average Bonchev–Trinajstić information content (AvgIpc) is 3.41. The number of aromatic nitrogens is 1. The number of furan rings is 1. The summed E-state index contributed by atoms with van der Waals surface area (Å²) in [5.41, 5.74) is 0.813. The molecule has 0 aliphatic carbocycles. The van der Waals surface area contributed by atoms with Crippen LogP contribution in [0.3, 0.4) is 0 Å². The predicted molar refractivity (Wildman–Crippen MR) is 99.2 cm³/mol. The van der Waals surface area contributed by atoms with E-state index >= 15 is 0 Å². The van der Waals surface area contributed by atoms with E-state index in [1.54, 1.807) is 6.26 Å². The van der Waals surface area contributed by atoms with Gasteiger partial charge >= 0.3 is 0 Å². The number of carbonyl (C=O) groups is 1. The third kappa shape index (κ3) is 3.96. The summed E-state index contributed by atoms with van der Waals surface area (Å²) < 4.78 is 11.2. The number of hydrogen-bond donors (Lipinski definition) is 0. The highest BCUT2D eigenvalue weighted by molar-refractivity contribution is 7.09. The van der Waals surface area contributed by atoms with Crippen LogP contribution in [0.15, 0.2) is 58.5 Å². The maximum atomic E-state index is 12.5. The van der Waals surface area contributed by atoms with Crippen molar-refractivity contribution in [3.63, 3.8) is 0 Å². The van der Waals surface area contributed by atoms with E-state index in [1.165, 1.54) is 11.3 Å². The zero-order valence-corrected chi connectivity index (χ0v) is 15.2. The van der Waals surface area contributed by atoms with Crippen molar-refractivity contribution < 1.29 is 13.9 Å². The second kappa shape index (κ2) is 7.74. The number of hydrogen-bond acceptors (Lipinski definition) is 5. The van der Waals surface area contributed by atoms with Crippen LogP contribution in [0.2, 0.25) is 0 Å². The lowest BCUT2D eigenvalue weighted by Crippen LogP contribution is -2.30. The van der Waals surface area contributed by atoms with Crippen LogP contribution in [0.4, 0.5) is 0 Å². The molecule has 26 heavy (non-hydrogen) atoms. The lowest BCUT2D eigenvalue weighted by Gasteiger charge is -2.15. The van der Waals surface area contributed by atoms with Gasteiger partial charge in [-0.3, -0.25) is 4.79 Å². The summed E-state index contributed by atoms with van der Waals surface area (Å²) in [5.74, 6) is 2.22. The van der Waals surface area contributed by atoms with Crippen LogP contribution in [0.1, 0.15) is 28.8 Å². The Hall–Kier alpha value is -2.60. The molecule has 1 unspecified atom stereocenters. The molecule has 1 aliphatic heterocycles. The first-order valence-electron chi connectivity index (χ1n) is 8.70.